The van der Waals surface area contributed by atoms with Crippen LogP contribution in [0.3, 0.4) is 0 Å². The van der Waals surface area contributed by atoms with Crippen molar-refractivity contribution in [3.63, 3.8) is 0 Å². The lowest BCUT2D eigenvalue weighted by molar-refractivity contribution is 0.0496. The molecule has 0 heterocycles. The average Bonchev–Trinajstić information content (AvgIpc) is 2.30. The third-order valence-corrected chi connectivity index (χ3v) is 2.04. The van der Waals surface area contributed by atoms with Crippen molar-refractivity contribution in [2.75, 3.05) is 25.1 Å². The van der Waals surface area contributed by atoms with Crippen LogP contribution in [0.5, 0.6) is 0 Å². The van der Waals surface area contributed by atoms with E-state index in [2.05, 4.69) is 5.32 Å². The SMILES string of the molecule is CCOCC(O)CNc1cc(F)c(F)c(F)c1. The highest BCUT2D eigenvalue weighted by Gasteiger charge is 2.11. The van der Waals surface area contributed by atoms with Crippen LogP contribution in [0.4, 0.5) is 18.9 Å². The third kappa shape index (κ3) is 4.24. The van der Waals surface area contributed by atoms with Crippen molar-refractivity contribution in [3.8, 4) is 0 Å². The van der Waals surface area contributed by atoms with Gasteiger partial charge in [-0.25, -0.2) is 13.2 Å². The van der Waals surface area contributed by atoms with Gasteiger partial charge in [-0.3, -0.25) is 0 Å². The molecule has 0 spiro atoms. The highest BCUT2D eigenvalue weighted by atomic mass is 19.2. The Bertz CT molecular complexity index is 351. The number of nitrogens with one attached hydrogen (secondary N) is 1. The zero-order chi connectivity index (χ0) is 12.8. The Balaban J connectivity index is 2.52. The second kappa shape index (κ2) is 6.46. The van der Waals surface area contributed by atoms with Crippen molar-refractivity contribution in [2.24, 2.45) is 0 Å². The zero-order valence-electron chi connectivity index (χ0n) is 9.34. The maximum Gasteiger partial charge on any atom is 0.194 e. The van der Waals surface area contributed by atoms with E-state index in [4.69, 9.17) is 4.74 Å². The van der Waals surface area contributed by atoms with Crippen LogP contribution in [0, 0.1) is 17.5 Å². The first-order valence-electron chi connectivity index (χ1n) is 5.18. The minimum atomic E-state index is -1.51. The largest absolute Gasteiger partial charge is 0.389 e. The van der Waals surface area contributed by atoms with Crippen molar-refractivity contribution in [1.29, 1.82) is 0 Å². The van der Waals surface area contributed by atoms with Crippen molar-refractivity contribution < 1.29 is 23.0 Å². The van der Waals surface area contributed by atoms with Crippen LogP contribution < -0.4 is 5.32 Å². The van der Waals surface area contributed by atoms with Gasteiger partial charge >= 0.3 is 0 Å². The van der Waals surface area contributed by atoms with E-state index in [1.54, 1.807) is 6.92 Å². The molecule has 0 saturated heterocycles. The summed E-state index contributed by atoms with van der Waals surface area (Å²) in [6, 6.07) is 1.65. The minimum absolute atomic E-state index is 0.0600. The monoisotopic (exact) mass is 249 g/mol. The number of halogens is 3. The molecule has 0 aromatic heterocycles. The number of hydrogen-bond donors (Lipinski definition) is 2. The highest BCUT2D eigenvalue weighted by Crippen LogP contribution is 2.17. The highest BCUT2D eigenvalue weighted by molar-refractivity contribution is 5.44. The van der Waals surface area contributed by atoms with Gasteiger partial charge in [0.05, 0.1) is 12.7 Å². The molecule has 2 N–H and O–H groups in total. The summed E-state index contributed by atoms with van der Waals surface area (Å²) in [4.78, 5) is 0. The van der Waals surface area contributed by atoms with E-state index in [0.717, 1.165) is 12.1 Å². The molecule has 1 atom stereocenters. The Hall–Kier alpha value is -1.27. The fourth-order valence-electron chi connectivity index (χ4n) is 1.21. The van der Waals surface area contributed by atoms with Gasteiger partial charge in [-0.05, 0) is 6.92 Å². The molecule has 0 aliphatic heterocycles. The van der Waals surface area contributed by atoms with Crippen LogP contribution in [-0.2, 0) is 4.74 Å². The maximum absolute atomic E-state index is 12.8. The fourth-order valence-corrected chi connectivity index (χ4v) is 1.21. The van der Waals surface area contributed by atoms with Crippen LogP contribution in [0.1, 0.15) is 6.92 Å². The molecule has 0 bridgehead atoms. The second-order valence-corrected chi connectivity index (χ2v) is 3.45. The van der Waals surface area contributed by atoms with Crippen LogP contribution in [0.25, 0.3) is 0 Å². The lowest BCUT2D eigenvalue weighted by atomic mass is 10.2. The molecule has 6 heteroatoms. The Labute approximate surface area is 97.2 Å². The van der Waals surface area contributed by atoms with Crippen molar-refractivity contribution in [1.82, 2.24) is 0 Å². The number of benzene rings is 1. The van der Waals surface area contributed by atoms with E-state index in [9.17, 15) is 18.3 Å². The molecule has 0 saturated carbocycles. The summed E-state index contributed by atoms with van der Waals surface area (Å²) in [6.07, 6.45) is -0.800. The van der Waals surface area contributed by atoms with Crippen LogP contribution in [0.15, 0.2) is 12.1 Å². The van der Waals surface area contributed by atoms with Crippen LogP contribution in [0.2, 0.25) is 0 Å². The Morgan fingerprint density at radius 2 is 1.88 bits per heavy atom. The first kappa shape index (κ1) is 13.8. The number of rotatable bonds is 6. The number of hydrogen-bond acceptors (Lipinski definition) is 3. The van der Waals surface area contributed by atoms with E-state index in [0.29, 0.717) is 6.61 Å². The summed E-state index contributed by atoms with van der Waals surface area (Å²) in [7, 11) is 0. The summed E-state index contributed by atoms with van der Waals surface area (Å²) < 4.78 is 43.2. The van der Waals surface area contributed by atoms with E-state index < -0.39 is 23.6 Å². The van der Waals surface area contributed by atoms with Gasteiger partial charge in [0.15, 0.2) is 17.5 Å². The average molecular weight is 249 g/mol. The van der Waals surface area contributed by atoms with Crippen LogP contribution >= 0.6 is 0 Å². The Morgan fingerprint density at radius 3 is 2.41 bits per heavy atom. The molecule has 0 radical (unpaired) electrons. The van der Waals surface area contributed by atoms with E-state index in [1.807, 2.05) is 0 Å². The molecule has 0 amide bonds. The summed E-state index contributed by atoms with van der Waals surface area (Å²) >= 11 is 0. The molecule has 1 aromatic rings. The van der Waals surface area contributed by atoms with Gasteiger partial charge in [-0.2, -0.15) is 0 Å². The smallest absolute Gasteiger partial charge is 0.194 e. The first-order chi connectivity index (χ1) is 8.04. The molecular weight excluding hydrogens is 235 g/mol. The van der Waals surface area contributed by atoms with Gasteiger partial charge in [0.25, 0.3) is 0 Å². The summed E-state index contributed by atoms with van der Waals surface area (Å²) in [5, 5.41) is 12.0. The van der Waals surface area contributed by atoms with Crippen LogP contribution in [-0.4, -0.2) is 31.0 Å². The van der Waals surface area contributed by atoms with E-state index in [1.165, 1.54) is 0 Å². The number of ether oxygens (including phenoxy) is 1. The van der Waals surface area contributed by atoms with Gasteiger partial charge < -0.3 is 15.2 Å². The third-order valence-electron chi connectivity index (χ3n) is 2.04. The summed E-state index contributed by atoms with van der Waals surface area (Å²) in [5.41, 5.74) is 0.0666. The molecule has 0 fully saturated rings. The second-order valence-electron chi connectivity index (χ2n) is 3.45. The molecule has 96 valence electrons. The lowest BCUT2D eigenvalue weighted by Gasteiger charge is -2.12. The molecule has 0 aliphatic rings. The molecule has 17 heavy (non-hydrogen) atoms. The zero-order valence-corrected chi connectivity index (χ0v) is 9.34. The van der Waals surface area contributed by atoms with Crippen molar-refractivity contribution in [3.05, 3.63) is 29.6 Å². The summed E-state index contributed by atoms with van der Waals surface area (Å²) in [6.45, 7) is 2.43. The van der Waals surface area contributed by atoms with Crippen molar-refractivity contribution >= 4 is 5.69 Å². The standard InChI is InChI=1S/C11H14F3NO2/c1-2-17-6-8(16)5-15-7-3-9(12)11(14)10(13)4-7/h3-4,8,15-16H,2,5-6H2,1H3. The fraction of sp³-hybridized carbons (Fsp3) is 0.455. The topological polar surface area (TPSA) is 41.5 Å². The normalized spacial score (nSPS) is 12.5. The quantitative estimate of drug-likeness (QED) is 0.757. The Morgan fingerprint density at radius 1 is 1.29 bits per heavy atom. The number of aliphatic hydroxyl groups is 1. The Kier molecular flexibility index (Phi) is 5.24. The lowest BCUT2D eigenvalue weighted by Crippen LogP contribution is -2.25. The molecule has 1 unspecified atom stereocenters. The predicted octanol–water partition coefficient (Wildman–Crippen LogP) is 1.91. The predicted molar refractivity (Wildman–Crippen MR) is 57.3 cm³/mol. The van der Waals surface area contributed by atoms with Gasteiger partial charge in [-0.15, -0.1) is 0 Å². The minimum Gasteiger partial charge on any atom is -0.389 e. The molecule has 1 rings (SSSR count). The van der Waals surface area contributed by atoms with E-state index in [-0.39, 0.29) is 18.8 Å². The molecule has 3 nitrogen and oxygen atoms in total. The van der Waals surface area contributed by atoms with Crippen molar-refractivity contribution in [2.45, 2.75) is 13.0 Å². The molecule has 1 aromatic carbocycles. The summed E-state index contributed by atoms with van der Waals surface area (Å²) in [5.74, 6) is -4.05. The number of aliphatic hydroxyl groups excluding tert-OH is 1. The van der Waals surface area contributed by atoms with Gasteiger partial charge in [0.2, 0.25) is 0 Å². The maximum atomic E-state index is 12.8. The van der Waals surface area contributed by atoms with Gasteiger partial charge in [-0.1, -0.05) is 0 Å². The van der Waals surface area contributed by atoms with Gasteiger partial charge in [0, 0.05) is 31.0 Å². The first-order valence-corrected chi connectivity index (χ1v) is 5.18. The van der Waals surface area contributed by atoms with E-state index >= 15 is 0 Å². The molecular formula is C11H14F3NO2. The molecule has 0 aliphatic carbocycles. The van der Waals surface area contributed by atoms with Gasteiger partial charge in [0.1, 0.15) is 0 Å². The number of anilines is 1.